The van der Waals surface area contributed by atoms with Crippen molar-refractivity contribution in [3.05, 3.63) is 35.9 Å². The highest BCUT2D eigenvalue weighted by Crippen LogP contribution is 2.38. The zero-order valence-electron chi connectivity index (χ0n) is 12.8. The highest BCUT2D eigenvalue weighted by Gasteiger charge is 2.31. The van der Waals surface area contributed by atoms with E-state index in [0.29, 0.717) is 43.7 Å². The Balaban J connectivity index is 1.41. The van der Waals surface area contributed by atoms with Gasteiger partial charge in [-0.2, -0.15) is 4.98 Å². The van der Waals surface area contributed by atoms with Gasteiger partial charge in [-0.15, -0.1) is 0 Å². The number of furan rings is 1. The lowest BCUT2D eigenvalue weighted by Gasteiger charge is -2.34. The van der Waals surface area contributed by atoms with Gasteiger partial charge in [0.25, 0.3) is 0 Å². The van der Waals surface area contributed by atoms with Crippen LogP contribution in [-0.4, -0.2) is 46.6 Å². The molecular weight excluding hydrogens is 298 g/mol. The first-order valence-electron chi connectivity index (χ1n) is 8.00. The van der Waals surface area contributed by atoms with Crippen LogP contribution in [0.2, 0.25) is 0 Å². The molecule has 1 saturated carbocycles. The van der Waals surface area contributed by atoms with Gasteiger partial charge in [-0.1, -0.05) is 5.16 Å². The summed E-state index contributed by atoms with van der Waals surface area (Å²) in [7, 11) is 0. The van der Waals surface area contributed by atoms with Crippen LogP contribution in [0.4, 0.5) is 0 Å². The summed E-state index contributed by atoms with van der Waals surface area (Å²) in [6.07, 6.45) is 4.17. The van der Waals surface area contributed by atoms with Crippen LogP contribution in [0.1, 0.15) is 47.5 Å². The Hall–Kier alpha value is -1.99. The highest BCUT2D eigenvalue weighted by molar-refractivity contribution is 5.93. The zero-order valence-corrected chi connectivity index (χ0v) is 12.8. The molecule has 122 valence electrons. The molecule has 3 heterocycles. The van der Waals surface area contributed by atoms with E-state index in [2.05, 4.69) is 15.0 Å². The van der Waals surface area contributed by atoms with Crippen molar-refractivity contribution < 1.29 is 18.5 Å². The number of hydrogen-bond acceptors (Lipinski definition) is 7. The van der Waals surface area contributed by atoms with Gasteiger partial charge in [0.05, 0.1) is 26.0 Å². The molecule has 0 amide bonds. The standard InChI is InChI=1S/C16H19N3O4/c20-13(14-2-1-6-22-14)8-12-10-21-7-5-19(12)9-15-17-16(18-23-15)11-3-4-11/h1-2,6,11-12H,3-5,7-10H2. The number of morpholine rings is 1. The van der Waals surface area contributed by atoms with E-state index in [4.69, 9.17) is 13.7 Å². The number of rotatable bonds is 6. The minimum absolute atomic E-state index is 0.00220. The Bertz CT molecular complexity index is 663. The van der Waals surface area contributed by atoms with Crippen LogP contribution in [0.5, 0.6) is 0 Å². The van der Waals surface area contributed by atoms with E-state index in [1.54, 1.807) is 12.1 Å². The number of carbonyl (C=O) groups is 1. The quantitative estimate of drug-likeness (QED) is 0.754. The number of carbonyl (C=O) groups excluding carboxylic acids is 1. The van der Waals surface area contributed by atoms with Gasteiger partial charge in [-0.25, -0.2) is 0 Å². The third-order valence-electron chi connectivity index (χ3n) is 4.33. The number of hydrogen-bond donors (Lipinski definition) is 0. The van der Waals surface area contributed by atoms with Crippen molar-refractivity contribution in [1.29, 1.82) is 0 Å². The summed E-state index contributed by atoms with van der Waals surface area (Å²) in [6.45, 7) is 2.47. The van der Waals surface area contributed by atoms with E-state index in [9.17, 15) is 4.79 Å². The summed E-state index contributed by atoms with van der Waals surface area (Å²) in [6, 6.07) is 3.41. The van der Waals surface area contributed by atoms with E-state index < -0.39 is 0 Å². The topological polar surface area (TPSA) is 81.6 Å². The first-order chi connectivity index (χ1) is 11.3. The van der Waals surface area contributed by atoms with Crippen LogP contribution >= 0.6 is 0 Å². The SMILES string of the molecule is O=C(CC1COCCN1Cc1nc(C2CC2)no1)c1ccco1. The number of ketones is 1. The smallest absolute Gasteiger partial charge is 0.240 e. The van der Waals surface area contributed by atoms with Crippen LogP contribution in [0, 0.1) is 0 Å². The molecule has 2 fully saturated rings. The largest absolute Gasteiger partial charge is 0.461 e. The van der Waals surface area contributed by atoms with Crippen molar-refractivity contribution >= 4 is 5.78 Å². The Labute approximate surface area is 133 Å². The van der Waals surface area contributed by atoms with Gasteiger partial charge in [-0.05, 0) is 25.0 Å². The number of aromatic nitrogens is 2. The molecule has 0 aromatic carbocycles. The molecule has 2 aromatic rings. The van der Waals surface area contributed by atoms with Crippen LogP contribution in [0.25, 0.3) is 0 Å². The second-order valence-electron chi connectivity index (χ2n) is 6.12. The van der Waals surface area contributed by atoms with Crippen LogP contribution in [0.3, 0.4) is 0 Å². The molecule has 0 spiro atoms. The van der Waals surface area contributed by atoms with Crippen molar-refractivity contribution in [2.45, 2.75) is 37.8 Å². The molecule has 1 unspecified atom stereocenters. The van der Waals surface area contributed by atoms with Crippen molar-refractivity contribution in [1.82, 2.24) is 15.0 Å². The third-order valence-corrected chi connectivity index (χ3v) is 4.33. The lowest BCUT2D eigenvalue weighted by molar-refractivity contribution is -0.0167. The van der Waals surface area contributed by atoms with Crippen LogP contribution < -0.4 is 0 Å². The lowest BCUT2D eigenvalue weighted by Crippen LogP contribution is -2.45. The molecule has 0 bridgehead atoms. The van der Waals surface area contributed by atoms with E-state index >= 15 is 0 Å². The predicted octanol–water partition coefficient (Wildman–Crippen LogP) is 2.01. The molecule has 23 heavy (non-hydrogen) atoms. The molecule has 0 N–H and O–H groups in total. The van der Waals surface area contributed by atoms with E-state index in [-0.39, 0.29) is 11.8 Å². The molecule has 1 aliphatic heterocycles. The van der Waals surface area contributed by atoms with Gasteiger partial charge in [0, 0.05) is 24.9 Å². The molecule has 4 rings (SSSR count). The van der Waals surface area contributed by atoms with E-state index in [0.717, 1.165) is 25.2 Å². The molecule has 1 saturated heterocycles. The Morgan fingerprint density at radius 2 is 2.30 bits per heavy atom. The average molecular weight is 317 g/mol. The molecule has 1 aliphatic carbocycles. The predicted molar refractivity (Wildman–Crippen MR) is 78.9 cm³/mol. The maximum atomic E-state index is 12.2. The first-order valence-corrected chi connectivity index (χ1v) is 8.00. The first kappa shape index (κ1) is 14.6. The van der Waals surface area contributed by atoms with E-state index in [1.807, 2.05) is 0 Å². The maximum absolute atomic E-state index is 12.2. The van der Waals surface area contributed by atoms with Crippen molar-refractivity contribution in [2.24, 2.45) is 0 Å². The van der Waals surface area contributed by atoms with Crippen molar-refractivity contribution in [3.63, 3.8) is 0 Å². The molecule has 1 atom stereocenters. The summed E-state index contributed by atoms with van der Waals surface area (Å²) in [5, 5.41) is 4.04. The highest BCUT2D eigenvalue weighted by atomic mass is 16.5. The molecule has 7 heteroatoms. The second-order valence-corrected chi connectivity index (χ2v) is 6.12. The van der Waals surface area contributed by atoms with Gasteiger partial charge in [0.1, 0.15) is 0 Å². The van der Waals surface area contributed by atoms with Crippen LogP contribution in [0.15, 0.2) is 27.3 Å². The second kappa shape index (κ2) is 6.25. The fourth-order valence-electron chi connectivity index (χ4n) is 2.85. The zero-order chi connectivity index (χ0) is 15.6. The number of nitrogens with zero attached hydrogens (tertiary/aromatic N) is 3. The molecule has 2 aromatic heterocycles. The Morgan fingerprint density at radius 3 is 3.09 bits per heavy atom. The molecule has 2 aliphatic rings. The van der Waals surface area contributed by atoms with Gasteiger partial charge in [0.15, 0.2) is 17.4 Å². The summed E-state index contributed by atoms with van der Waals surface area (Å²) in [5.74, 6) is 2.29. The minimum Gasteiger partial charge on any atom is -0.461 e. The summed E-state index contributed by atoms with van der Waals surface area (Å²) in [5.41, 5.74) is 0. The average Bonchev–Trinajstić information content (AvgIpc) is 3.08. The fraction of sp³-hybridized carbons (Fsp3) is 0.562. The monoisotopic (exact) mass is 317 g/mol. The molecule has 0 radical (unpaired) electrons. The number of ether oxygens (including phenoxy) is 1. The maximum Gasteiger partial charge on any atom is 0.240 e. The van der Waals surface area contributed by atoms with Crippen molar-refractivity contribution in [2.75, 3.05) is 19.8 Å². The summed E-state index contributed by atoms with van der Waals surface area (Å²) < 4.78 is 16.1. The summed E-state index contributed by atoms with van der Waals surface area (Å²) in [4.78, 5) is 18.9. The Morgan fingerprint density at radius 1 is 1.39 bits per heavy atom. The minimum atomic E-state index is -0.0142. The normalized spacial score (nSPS) is 22.3. The molecular formula is C16H19N3O4. The van der Waals surface area contributed by atoms with Crippen molar-refractivity contribution in [3.8, 4) is 0 Å². The Kier molecular flexibility index (Phi) is 3.97. The van der Waals surface area contributed by atoms with Gasteiger partial charge >= 0.3 is 0 Å². The molecule has 7 nitrogen and oxygen atoms in total. The third kappa shape index (κ3) is 3.35. The van der Waals surface area contributed by atoms with Gasteiger partial charge in [-0.3, -0.25) is 9.69 Å². The number of Topliss-reactive ketones (excluding diaryl/α,β-unsaturated/α-hetero) is 1. The van der Waals surface area contributed by atoms with E-state index in [1.165, 1.54) is 6.26 Å². The fourth-order valence-corrected chi connectivity index (χ4v) is 2.85. The van der Waals surface area contributed by atoms with Crippen LogP contribution in [-0.2, 0) is 11.3 Å². The lowest BCUT2D eigenvalue weighted by atomic mass is 10.1. The van der Waals surface area contributed by atoms with Gasteiger partial charge < -0.3 is 13.7 Å². The summed E-state index contributed by atoms with van der Waals surface area (Å²) >= 11 is 0. The van der Waals surface area contributed by atoms with Gasteiger partial charge in [0.2, 0.25) is 5.89 Å².